The number of halogens is 1. The molecule has 2 N–H and O–H groups in total. The number of benzene rings is 1. The number of carbonyl (C=O) groups is 2. The number of nitrogens with zero attached hydrogens (tertiary/aromatic N) is 1. The van der Waals surface area contributed by atoms with Crippen molar-refractivity contribution in [2.45, 2.75) is 38.5 Å². The van der Waals surface area contributed by atoms with Crippen LogP contribution < -0.4 is 10.6 Å². The molecule has 6 heteroatoms. The van der Waals surface area contributed by atoms with Crippen LogP contribution in [0, 0.1) is 5.82 Å². The van der Waals surface area contributed by atoms with E-state index in [1.807, 2.05) is 0 Å². The van der Waals surface area contributed by atoms with Gasteiger partial charge < -0.3 is 10.6 Å². The predicted octanol–water partition coefficient (Wildman–Crippen LogP) is 3.81. The summed E-state index contributed by atoms with van der Waals surface area (Å²) in [7, 11) is 0. The van der Waals surface area contributed by atoms with Gasteiger partial charge in [0.2, 0.25) is 0 Å². The standard InChI is InChI=1S/C23H26FN3O2/c24-20-9-5-4-8-18(20)11-15-27-23(29)21-16-19(12-14-25-21)22(28)26-13-10-17-6-2-1-3-7-17/h4-6,8-9,12,14,16H,1-3,7,10-11,13,15H2,(H,26,28)(H,27,29). The number of allylic oxidation sites excluding steroid dienone is 1. The van der Waals surface area contributed by atoms with E-state index in [4.69, 9.17) is 0 Å². The highest BCUT2D eigenvalue weighted by molar-refractivity contribution is 5.98. The van der Waals surface area contributed by atoms with Crippen LogP contribution in [-0.4, -0.2) is 29.9 Å². The minimum Gasteiger partial charge on any atom is -0.352 e. The summed E-state index contributed by atoms with van der Waals surface area (Å²) in [5, 5.41) is 5.62. The van der Waals surface area contributed by atoms with Crippen LogP contribution in [0.4, 0.5) is 4.39 Å². The molecule has 152 valence electrons. The van der Waals surface area contributed by atoms with E-state index >= 15 is 0 Å². The van der Waals surface area contributed by atoms with E-state index in [0.717, 1.165) is 19.3 Å². The number of amides is 2. The summed E-state index contributed by atoms with van der Waals surface area (Å²) in [6.07, 6.45) is 9.67. The normalized spacial score (nSPS) is 13.5. The monoisotopic (exact) mass is 395 g/mol. The van der Waals surface area contributed by atoms with E-state index in [2.05, 4.69) is 21.7 Å². The summed E-state index contributed by atoms with van der Waals surface area (Å²) < 4.78 is 13.6. The highest BCUT2D eigenvalue weighted by Gasteiger charge is 2.12. The van der Waals surface area contributed by atoms with Gasteiger partial charge in [0.15, 0.2) is 0 Å². The van der Waals surface area contributed by atoms with Crippen LogP contribution in [0.3, 0.4) is 0 Å². The van der Waals surface area contributed by atoms with Crippen LogP contribution >= 0.6 is 0 Å². The Hall–Kier alpha value is -3.02. The Labute approximate surface area is 170 Å². The van der Waals surface area contributed by atoms with Crippen LogP contribution in [0.2, 0.25) is 0 Å². The molecule has 0 radical (unpaired) electrons. The van der Waals surface area contributed by atoms with Gasteiger partial charge in [0.25, 0.3) is 11.8 Å². The lowest BCUT2D eigenvalue weighted by molar-refractivity contribution is 0.0949. The average molecular weight is 395 g/mol. The quantitative estimate of drug-likeness (QED) is 0.668. The van der Waals surface area contributed by atoms with E-state index < -0.39 is 0 Å². The topological polar surface area (TPSA) is 71.1 Å². The molecule has 5 nitrogen and oxygen atoms in total. The van der Waals surface area contributed by atoms with Gasteiger partial charge >= 0.3 is 0 Å². The lowest BCUT2D eigenvalue weighted by Crippen LogP contribution is -2.28. The van der Waals surface area contributed by atoms with Crippen molar-refractivity contribution in [3.8, 4) is 0 Å². The Bertz CT molecular complexity index is 895. The fourth-order valence-electron chi connectivity index (χ4n) is 3.37. The van der Waals surface area contributed by atoms with E-state index in [0.29, 0.717) is 24.1 Å². The molecule has 0 fully saturated rings. The van der Waals surface area contributed by atoms with Gasteiger partial charge in [-0.1, -0.05) is 29.8 Å². The lowest BCUT2D eigenvalue weighted by Gasteiger charge is -2.13. The van der Waals surface area contributed by atoms with E-state index in [1.54, 1.807) is 24.3 Å². The largest absolute Gasteiger partial charge is 0.352 e. The first-order valence-corrected chi connectivity index (χ1v) is 10.1. The summed E-state index contributed by atoms with van der Waals surface area (Å²) in [4.78, 5) is 28.7. The van der Waals surface area contributed by atoms with Gasteiger partial charge in [0, 0.05) is 24.8 Å². The third-order valence-electron chi connectivity index (χ3n) is 5.01. The molecule has 1 heterocycles. The van der Waals surface area contributed by atoms with Crippen LogP contribution in [0.15, 0.2) is 54.2 Å². The Balaban J connectivity index is 1.48. The molecule has 1 aliphatic rings. The smallest absolute Gasteiger partial charge is 0.269 e. The van der Waals surface area contributed by atoms with Crippen molar-refractivity contribution in [3.63, 3.8) is 0 Å². The van der Waals surface area contributed by atoms with E-state index in [1.165, 1.54) is 36.7 Å². The van der Waals surface area contributed by atoms with Crippen LogP contribution in [0.25, 0.3) is 0 Å². The highest BCUT2D eigenvalue weighted by Crippen LogP contribution is 2.19. The zero-order valence-corrected chi connectivity index (χ0v) is 16.4. The fourth-order valence-corrected chi connectivity index (χ4v) is 3.37. The summed E-state index contributed by atoms with van der Waals surface area (Å²) in [6, 6.07) is 9.54. The second-order valence-corrected chi connectivity index (χ2v) is 7.14. The number of aromatic nitrogens is 1. The van der Waals surface area contributed by atoms with Crippen molar-refractivity contribution in [2.75, 3.05) is 13.1 Å². The molecule has 0 saturated heterocycles. The molecule has 0 atom stereocenters. The zero-order chi connectivity index (χ0) is 20.5. The van der Waals surface area contributed by atoms with E-state index in [9.17, 15) is 14.0 Å². The van der Waals surface area contributed by atoms with Gasteiger partial charge in [-0.2, -0.15) is 0 Å². The summed E-state index contributed by atoms with van der Waals surface area (Å²) in [5.41, 5.74) is 2.52. The number of carbonyl (C=O) groups excluding carboxylic acids is 2. The molecule has 3 rings (SSSR count). The molecule has 2 amide bonds. The minimum absolute atomic E-state index is 0.168. The highest BCUT2D eigenvalue weighted by atomic mass is 19.1. The Morgan fingerprint density at radius 3 is 2.59 bits per heavy atom. The first-order valence-electron chi connectivity index (χ1n) is 10.1. The summed E-state index contributed by atoms with van der Waals surface area (Å²) in [5.74, 6) is -0.893. The van der Waals surface area contributed by atoms with Gasteiger partial charge in [-0.3, -0.25) is 14.6 Å². The zero-order valence-electron chi connectivity index (χ0n) is 16.4. The average Bonchev–Trinajstić information content (AvgIpc) is 2.76. The van der Waals surface area contributed by atoms with Gasteiger partial charge in [-0.15, -0.1) is 0 Å². The first kappa shape index (κ1) is 20.7. The maximum absolute atomic E-state index is 13.6. The van der Waals surface area contributed by atoms with Crippen molar-refractivity contribution in [3.05, 3.63) is 76.9 Å². The molecule has 2 aromatic rings. The number of nitrogens with one attached hydrogen (secondary N) is 2. The Kier molecular flexibility index (Phi) is 7.50. The maximum Gasteiger partial charge on any atom is 0.269 e. The molecule has 1 aliphatic carbocycles. The van der Waals surface area contributed by atoms with Gasteiger partial charge in [0.05, 0.1) is 0 Å². The van der Waals surface area contributed by atoms with Crippen LogP contribution in [0.5, 0.6) is 0 Å². The van der Waals surface area contributed by atoms with Crippen molar-refractivity contribution in [1.82, 2.24) is 15.6 Å². The molecule has 0 spiro atoms. The van der Waals surface area contributed by atoms with Gasteiger partial charge in [0.1, 0.15) is 11.5 Å². The number of rotatable bonds is 8. The predicted molar refractivity (Wildman–Crippen MR) is 110 cm³/mol. The molecule has 0 bridgehead atoms. The summed E-state index contributed by atoms with van der Waals surface area (Å²) >= 11 is 0. The molecule has 1 aromatic carbocycles. The van der Waals surface area contributed by atoms with Crippen LogP contribution in [0.1, 0.15) is 58.5 Å². The Morgan fingerprint density at radius 2 is 1.79 bits per heavy atom. The van der Waals surface area contributed by atoms with E-state index in [-0.39, 0.29) is 29.9 Å². The third kappa shape index (κ3) is 6.24. The van der Waals surface area contributed by atoms with Crippen molar-refractivity contribution < 1.29 is 14.0 Å². The van der Waals surface area contributed by atoms with Crippen molar-refractivity contribution >= 4 is 11.8 Å². The molecule has 0 saturated carbocycles. The number of hydrogen-bond acceptors (Lipinski definition) is 3. The minimum atomic E-state index is -0.386. The van der Waals surface area contributed by atoms with Gasteiger partial charge in [-0.25, -0.2) is 4.39 Å². The maximum atomic E-state index is 13.6. The summed E-state index contributed by atoms with van der Waals surface area (Å²) in [6.45, 7) is 0.865. The molecule has 0 aliphatic heterocycles. The second-order valence-electron chi connectivity index (χ2n) is 7.14. The SMILES string of the molecule is O=C(NCCC1=CCCCC1)c1ccnc(C(=O)NCCc2ccccc2F)c1. The number of pyridine rings is 1. The van der Waals surface area contributed by atoms with Crippen molar-refractivity contribution in [1.29, 1.82) is 0 Å². The van der Waals surface area contributed by atoms with Gasteiger partial charge in [-0.05, 0) is 62.3 Å². The number of hydrogen-bond donors (Lipinski definition) is 2. The molecular formula is C23H26FN3O2. The molecule has 1 aromatic heterocycles. The lowest BCUT2D eigenvalue weighted by atomic mass is 9.97. The third-order valence-corrected chi connectivity index (χ3v) is 5.01. The van der Waals surface area contributed by atoms with Crippen LogP contribution in [-0.2, 0) is 6.42 Å². The first-order chi connectivity index (χ1) is 14.1. The molecular weight excluding hydrogens is 369 g/mol. The van der Waals surface area contributed by atoms with Crippen molar-refractivity contribution in [2.24, 2.45) is 0 Å². The second kappa shape index (κ2) is 10.5. The molecule has 0 unspecified atom stereocenters. The fraction of sp³-hybridized carbons (Fsp3) is 0.348. The molecule has 29 heavy (non-hydrogen) atoms. The Morgan fingerprint density at radius 1 is 1.00 bits per heavy atom.